The van der Waals surface area contributed by atoms with Crippen molar-refractivity contribution in [3.63, 3.8) is 0 Å². The molecular formula is C48H30N4. The Hall–Kier alpha value is -7.04. The molecule has 242 valence electrons. The van der Waals surface area contributed by atoms with E-state index in [4.69, 9.17) is 19.9 Å². The Bertz CT molecular complexity index is 2930. The molecule has 2 heterocycles. The molecular weight excluding hydrogens is 633 g/mol. The van der Waals surface area contributed by atoms with Crippen molar-refractivity contribution >= 4 is 43.2 Å². The van der Waals surface area contributed by atoms with Gasteiger partial charge in [-0.3, -0.25) is 4.98 Å². The maximum atomic E-state index is 5.15. The highest BCUT2D eigenvalue weighted by molar-refractivity contribution is 6.21. The predicted octanol–water partition coefficient (Wildman–Crippen LogP) is 12.2. The lowest BCUT2D eigenvalue weighted by molar-refractivity contribution is 1.08. The van der Waals surface area contributed by atoms with Gasteiger partial charge in [-0.25, -0.2) is 15.0 Å². The van der Waals surface area contributed by atoms with Gasteiger partial charge >= 0.3 is 0 Å². The highest BCUT2D eigenvalue weighted by Crippen LogP contribution is 2.37. The Morgan fingerprint density at radius 1 is 0.308 bits per heavy atom. The Balaban J connectivity index is 1.13. The molecule has 0 aliphatic carbocycles. The van der Waals surface area contributed by atoms with Gasteiger partial charge in [0.15, 0.2) is 17.5 Å². The first-order valence-corrected chi connectivity index (χ1v) is 17.5. The molecule has 0 saturated heterocycles. The topological polar surface area (TPSA) is 51.6 Å². The van der Waals surface area contributed by atoms with Crippen LogP contribution in [0.2, 0.25) is 0 Å². The van der Waals surface area contributed by atoms with Crippen molar-refractivity contribution < 1.29 is 0 Å². The van der Waals surface area contributed by atoms with Crippen LogP contribution in [-0.2, 0) is 0 Å². The number of hydrogen-bond acceptors (Lipinski definition) is 4. The molecule has 10 rings (SSSR count). The molecule has 52 heavy (non-hydrogen) atoms. The summed E-state index contributed by atoms with van der Waals surface area (Å²) < 4.78 is 0. The van der Waals surface area contributed by atoms with Gasteiger partial charge in [0.25, 0.3) is 0 Å². The minimum Gasteiger partial charge on any atom is -0.256 e. The lowest BCUT2D eigenvalue weighted by atomic mass is 9.95. The van der Waals surface area contributed by atoms with E-state index in [1.165, 1.54) is 27.3 Å². The van der Waals surface area contributed by atoms with Crippen molar-refractivity contribution in [1.82, 2.24) is 19.9 Å². The lowest BCUT2D eigenvalue weighted by Crippen LogP contribution is -2.00. The van der Waals surface area contributed by atoms with Gasteiger partial charge in [-0.05, 0) is 49.9 Å². The Labute approximate surface area is 300 Å². The summed E-state index contributed by atoms with van der Waals surface area (Å²) in [5.74, 6) is 1.91. The van der Waals surface area contributed by atoms with Crippen LogP contribution in [-0.4, -0.2) is 19.9 Å². The summed E-state index contributed by atoms with van der Waals surface area (Å²) in [6.07, 6.45) is 1.98. The van der Waals surface area contributed by atoms with Crippen molar-refractivity contribution in [3.05, 3.63) is 182 Å². The smallest absolute Gasteiger partial charge is 0.164 e. The zero-order chi connectivity index (χ0) is 34.4. The second kappa shape index (κ2) is 12.4. The first kappa shape index (κ1) is 29.8. The van der Waals surface area contributed by atoms with Crippen molar-refractivity contribution in [2.45, 2.75) is 0 Å². The normalized spacial score (nSPS) is 11.5. The predicted molar refractivity (Wildman–Crippen MR) is 215 cm³/mol. The van der Waals surface area contributed by atoms with Crippen LogP contribution >= 0.6 is 0 Å². The number of hydrogen-bond donors (Lipinski definition) is 0. The van der Waals surface area contributed by atoms with E-state index in [-0.39, 0.29) is 0 Å². The molecule has 0 fully saturated rings. The summed E-state index contributed by atoms with van der Waals surface area (Å²) in [6, 6.07) is 61.4. The fourth-order valence-electron chi connectivity index (χ4n) is 7.39. The number of fused-ring (bicyclic) bond motifs is 6. The van der Waals surface area contributed by atoms with Crippen LogP contribution < -0.4 is 0 Å². The quantitative estimate of drug-likeness (QED) is 0.172. The summed E-state index contributed by atoms with van der Waals surface area (Å²) in [4.78, 5) is 20.2. The molecule has 2 aromatic heterocycles. The van der Waals surface area contributed by atoms with E-state index in [2.05, 4.69) is 140 Å². The molecule has 0 N–H and O–H groups in total. The van der Waals surface area contributed by atoms with Crippen molar-refractivity contribution in [3.8, 4) is 56.4 Å². The summed E-state index contributed by atoms with van der Waals surface area (Å²) in [7, 11) is 0. The number of pyridine rings is 1. The summed E-state index contributed by atoms with van der Waals surface area (Å²) >= 11 is 0. The third kappa shape index (κ3) is 5.17. The lowest BCUT2D eigenvalue weighted by Gasteiger charge is -2.13. The minimum atomic E-state index is 0.634. The van der Waals surface area contributed by atoms with Crippen molar-refractivity contribution in [2.75, 3.05) is 0 Å². The van der Waals surface area contributed by atoms with Gasteiger partial charge in [-0.1, -0.05) is 170 Å². The van der Waals surface area contributed by atoms with Gasteiger partial charge in [0.05, 0.1) is 5.52 Å². The number of rotatable bonds is 5. The first-order chi connectivity index (χ1) is 25.8. The second-order valence-electron chi connectivity index (χ2n) is 13.1. The van der Waals surface area contributed by atoms with Crippen LogP contribution in [0.1, 0.15) is 0 Å². The van der Waals surface area contributed by atoms with Crippen LogP contribution in [0, 0.1) is 0 Å². The molecule has 0 unspecified atom stereocenters. The van der Waals surface area contributed by atoms with Gasteiger partial charge < -0.3 is 0 Å². The fraction of sp³-hybridized carbons (Fsp3) is 0. The second-order valence-corrected chi connectivity index (χ2v) is 13.1. The zero-order valence-corrected chi connectivity index (χ0v) is 28.1. The van der Waals surface area contributed by atoms with Crippen LogP contribution in [0.5, 0.6) is 0 Å². The number of benzene rings is 8. The third-order valence-corrected chi connectivity index (χ3v) is 9.96. The summed E-state index contributed by atoms with van der Waals surface area (Å²) in [6.45, 7) is 0. The minimum absolute atomic E-state index is 0.634. The van der Waals surface area contributed by atoms with Crippen LogP contribution in [0.15, 0.2) is 182 Å². The van der Waals surface area contributed by atoms with Crippen LogP contribution in [0.4, 0.5) is 0 Å². The van der Waals surface area contributed by atoms with E-state index in [1.54, 1.807) is 0 Å². The number of aromatic nitrogens is 4. The third-order valence-electron chi connectivity index (χ3n) is 9.96. The molecule has 10 aromatic rings. The van der Waals surface area contributed by atoms with E-state index in [9.17, 15) is 0 Å². The average molecular weight is 663 g/mol. The van der Waals surface area contributed by atoms with Gasteiger partial charge in [0, 0.05) is 39.0 Å². The molecule has 0 atom stereocenters. The fourth-order valence-corrected chi connectivity index (χ4v) is 7.39. The van der Waals surface area contributed by atoms with E-state index in [0.29, 0.717) is 17.5 Å². The molecule has 0 aliphatic heterocycles. The van der Waals surface area contributed by atoms with E-state index >= 15 is 0 Å². The standard InChI is InChI=1S/C48H30N4/c1-3-11-31(12-4-1)36-25-28-43-44(29-36)49-30-37-26-27-40-41(45(37)43)19-10-20-42(40)48-51-46(34-14-5-2-6-15-34)50-47(52-48)35-23-21-33(22-24-35)39-18-9-16-32-13-7-8-17-38(32)39/h1-30H. The van der Waals surface area contributed by atoms with Gasteiger partial charge in [-0.2, -0.15) is 0 Å². The molecule has 4 nitrogen and oxygen atoms in total. The SMILES string of the molecule is c1ccc(-c2ccc3c(c2)ncc2ccc4c(-c5nc(-c6ccccc6)nc(-c6ccc(-c7cccc8ccccc78)cc6)n5)cccc4c23)cc1. The number of nitrogens with zero attached hydrogens (tertiary/aromatic N) is 4. The van der Waals surface area contributed by atoms with Gasteiger partial charge in [-0.15, -0.1) is 0 Å². The van der Waals surface area contributed by atoms with Crippen LogP contribution in [0.3, 0.4) is 0 Å². The Morgan fingerprint density at radius 3 is 1.69 bits per heavy atom. The molecule has 0 saturated carbocycles. The maximum Gasteiger partial charge on any atom is 0.164 e. The molecule has 0 radical (unpaired) electrons. The monoisotopic (exact) mass is 662 g/mol. The van der Waals surface area contributed by atoms with E-state index in [1.807, 2.05) is 42.6 Å². The first-order valence-electron chi connectivity index (χ1n) is 17.5. The van der Waals surface area contributed by atoms with Gasteiger partial charge in [0.2, 0.25) is 0 Å². The molecule has 8 aromatic carbocycles. The average Bonchev–Trinajstić information content (AvgIpc) is 3.23. The maximum absolute atomic E-state index is 5.15. The highest BCUT2D eigenvalue weighted by atomic mass is 15.0. The highest BCUT2D eigenvalue weighted by Gasteiger charge is 2.16. The molecule has 4 heteroatoms. The Kier molecular flexibility index (Phi) is 7.10. The summed E-state index contributed by atoms with van der Waals surface area (Å²) in [5.41, 5.74) is 8.47. The van der Waals surface area contributed by atoms with Gasteiger partial charge in [0.1, 0.15) is 0 Å². The van der Waals surface area contributed by atoms with Crippen molar-refractivity contribution in [1.29, 1.82) is 0 Å². The van der Waals surface area contributed by atoms with Crippen LogP contribution in [0.25, 0.3) is 99.6 Å². The van der Waals surface area contributed by atoms with E-state index in [0.717, 1.165) is 54.9 Å². The molecule has 0 spiro atoms. The molecule has 0 amide bonds. The zero-order valence-electron chi connectivity index (χ0n) is 28.1. The molecule has 0 aliphatic rings. The summed E-state index contributed by atoms with van der Waals surface area (Å²) in [5, 5.41) is 8.06. The largest absolute Gasteiger partial charge is 0.256 e. The molecule has 0 bridgehead atoms. The van der Waals surface area contributed by atoms with Crippen molar-refractivity contribution in [2.24, 2.45) is 0 Å². The van der Waals surface area contributed by atoms with E-state index < -0.39 is 0 Å². The Morgan fingerprint density at radius 2 is 0.885 bits per heavy atom.